The molecule has 2 saturated heterocycles. The number of likely N-dealkylation sites (N-methyl/N-ethyl adjacent to an activating group) is 1. The summed E-state index contributed by atoms with van der Waals surface area (Å²) in [6.07, 6.45) is -2.59. The number of rotatable bonds is 4. The Labute approximate surface area is 200 Å². The molecule has 0 bridgehead atoms. The van der Waals surface area contributed by atoms with Gasteiger partial charge in [0.15, 0.2) is 0 Å². The number of hydrogen-bond donors (Lipinski definition) is 2. The smallest absolute Gasteiger partial charge is 0.475 e. The number of nitrogens with zero attached hydrogens (tertiary/aromatic N) is 2. The molecule has 1 unspecified atom stereocenters. The Morgan fingerprint density at radius 1 is 1.14 bits per heavy atom. The first-order valence-electron chi connectivity index (χ1n) is 11.4. The number of carbonyl (C=O) groups excluding carboxylic acids is 2. The molecule has 12 heteroatoms. The van der Waals surface area contributed by atoms with Crippen molar-refractivity contribution in [3.63, 3.8) is 0 Å². The number of carboxylic acid groups (broad SMARTS) is 1. The standard InChI is InChI=1S/C21H27N3O4.C2HF3O2/c1-22-19(25)18-10-28-21(11-23(18)7-14-2-3-14)12-24(13-21)20(26)15-4-5-16-8-27-9-17(16)6-15;3-2(4,5)1(6)7/h4-6,14,18H,2-3,7-13H2,1H3,(H,22,25);(H,6,7). The number of fused-ring (bicyclic) bond motifs is 1. The summed E-state index contributed by atoms with van der Waals surface area (Å²) in [5.74, 6) is -1.99. The molecular weight excluding hydrogens is 471 g/mol. The summed E-state index contributed by atoms with van der Waals surface area (Å²) < 4.78 is 43.3. The van der Waals surface area contributed by atoms with Crippen LogP contribution < -0.4 is 5.32 Å². The molecule has 0 radical (unpaired) electrons. The van der Waals surface area contributed by atoms with Crippen molar-refractivity contribution in [2.45, 2.75) is 43.9 Å². The Bertz CT molecular complexity index is 991. The molecule has 192 valence electrons. The maximum Gasteiger partial charge on any atom is 0.490 e. The van der Waals surface area contributed by atoms with Crippen molar-refractivity contribution in [1.82, 2.24) is 15.1 Å². The van der Waals surface area contributed by atoms with Crippen molar-refractivity contribution >= 4 is 17.8 Å². The molecule has 35 heavy (non-hydrogen) atoms. The van der Waals surface area contributed by atoms with Crippen LogP contribution >= 0.6 is 0 Å². The van der Waals surface area contributed by atoms with E-state index in [1.165, 1.54) is 18.4 Å². The van der Waals surface area contributed by atoms with Crippen LogP contribution in [0, 0.1) is 5.92 Å². The predicted octanol–water partition coefficient (Wildman–Crippen LogP) is 1.40. The van der Waals surface area contributed by atoms with Gasteiger partial charge in [0, 0.05) is 25.7 Å². The van der Waals surface area contributed by atoms with Crippen LogP contribution in [0.25, 0.3) is 0 Å². The van der Waals surface area contributed by atoms with E-state index in [1.54, 1.807) is 7.05 Å². The number of carboxylic acids is 1. The quantitative estimate of drug-likeness (QED) is 0.645. The Balaban J connectivity index is 0.000000364. The summed E-state index contributed by atoms with van der Waals surface area (Å²) in [7, 11) is 1.67. The minimum absolute atomic E-state index is 0.0168. The van der Waals surface area contributed by atoms with Crippen LogP contribution in [0.5, 0.6) is 0 Å². The fourth-order valence-electron chi connectivity index (χ4n) is 4.59. The van der Waals surface area contributed by atoms with Crippen LogP contribution in [0.2, 0.25) is 0 Å². The summed E-state index contributed by atoms with van der Waals surface area (Å²) in [5, 5.41) is 9.88. The van der Waals surface area contributed by atoms with Crippen molar-refractivity contribution in [3.05, 3.63) is 34.9 Å². The van der Waals surface area contributed by atoms with Crippen molar-refractivity contribution in [3.8, 4) is 0 Å². The minimum atomic E-state index is -5.08. The average Bonchev–Trinajstić information content (AvgIpc) is 3.48. The van der Waals surface area contributed by atoms with E-state index in [0.717, 1.165) is 12.1 Å². The summed E-state index contributed by atoms with van der Waals surface area (Å²) in [6.45, 7) is 4.44. The highest BCUT2D eigenvalue weighted by atomic mass is 19.4. The van der Waals surface area contributed by atoms with E-state index in [2.05, 4.69) is 10.2 Å². The number of aliphatic carboxylic acids is 1. The second kappa shape index (κ2) is 9.75. The molecule has 2 amide bonds. The Hall–Kier alpha value is -2.70. The van der Waals surface area contributed by atoms with E-state index in [9.17, 15) is 22.8 Å². The molecule has 4 aliphatic rings. The van der Waals surface area contributed by atoms with Gasteiger partial charge in [-0.3, -0.25) is 14.5 Å². The van der Waals surface area contributed by atoms with Gasteiger partial charge in [-0.15, -0.1) is 0 Å². The second-order valence-electron chi connectivity index (χ2n) is 9.44. The van der Waals surface area contributed by atoms with E-state index in [4.69, 9.17) is 19.4 Å². The fourth-order valence-corrected chi connectivity index (χ4v) is 4.59. The van der Waals surface area contributed by atoms with Gasteiger partial charge in [0.1, 0.15) is 11.6 Å². The van der Waals surface area contributed by atoms with Gasteiger partial charge in [0.25, 0.3) is 5.91 Å². The van der Waals surface area contributed by atoms with Gasteiger partial charge in [-0.2, -0.15) is 13.2 Å². The third kappa shape index (κ3) is 5.76. The molecule has 0 aromatic heterocycles. The molecular formula is C23H28F3N3O6. The van der Waals surface area contributed by atoms with Gasteiger partial charge in [-0.05, 0) is 42.0 Å². The number of ether oxygens (including phenoxy) is 2. The number of carbonyl (C=O) groups is 3. The summed E-state index contributed by atoms with van der Waals surface area (Å²) in [6, 6.07) is 5.62. The van der Waals surface area contributed by atoms with E-state index < -0.39 is 12.1 Å². The van der Waals surface area contributed by atoms with Gasteiger partial charge in [0.05, 0.1) is 32.9 Å². The van der Waals surface area contributed by atoms with Gasteiger partial charge in [-0.25, -0.2) is 4.79 Å². The van der Waals surface area contributed by atoms with Gasteiger partial charge in [-0.1, -0.05) is 6.07 Å². The molecule has 9 nitrogen and oxygen atoms in total. The molecule has 1 aliphatic carbocycles. The lowest BCUT2D eigenvalue weighted by Gasteiger charge is -2.55. The van der Waals surface area contributed by atoms with Gasteiger partial charge in [0.2, 0.25) is 5.91 Å². The monoisotopic (exact) mass is 499 g/mol. The topological polar surface area (TPSA) is 108 Å². The van der Waals surface area contributed by atoms with Crippen LogP contribution in [0.15, 0.2) is 18.2 Å². The fraction of sp³-hybridized carbons (Fsp3) is 0.609. The number of morpholine rings is 1. The highest BCUT2D eigenvalue weighted by Gasteiger charge is 2.52. The average molecular weight is 499 g/mol. The van der Waals surface area contributed by atoms with Crippen molar-refractivity contribution in [2.24, 2.45) is 5.92 Å². The highest BCUT2D eigenvalue weighted by Crippen LogP contribution is 2.36. The van der Waals surface area contributed by atoms with E-state index in [-0.39, 0.29) is 23.5 Å². The van der Waals surface area contributed by atoms with E-state index in [1.807, 2.05) is 23.1 Å². The Kier molecular flexibility index (Phi) is 7.07. The first-order valence-corrected chi connectivity index (χ1v) is 11.4. The SMILES string of the molecule is CNC(=O)C1COC2(CN(C(=O)c3ccc4c(c3)COC4)C2)CN1CC1CC1.O=C(O)C(F)(F)F. The lowest BCUT2D eigenvalue weighted by atomic mass is 9.89. The Morgan fingerprint density at radius 2 is 1.80 bits per heavy atom. The summed E-state index contributed by atoms with van der Waals surface area (Å²) in [4.78, 5) is 38.2. The molecule has 3 aliphatic heterocycles. The molecule has 1 atom stereocenters. The molecule has 3 heterocycles. The lowest BCUT2D eigenvalue weighted by Crippen LogP contribution is -2.73. The van der Waals surface area contributed by atoms with Crippen molar-refractivity contribution < 1.29 is 42.1 Å². The zero-order valence-electron chi connectivity index (χ0n) is 19.3. The van der Waals surface area contributed by atoms with Gasteiger partial charge >= 0.3 is 12.1 Å². The number of alkyl halides is 3. The first kappa shape index (κ1) is 25.4. The van der Waals surface area contributed by atoms with Crippen molar-refractivity contribution in [2.75, 3.05) is 39.8 Å². The maximum atomic E-state index is 12.9. The van der Waals surface area contributed by atoms with Gasteiger partial charge < -0.3 is 24.8 Å². The van der Waals surface area contributed by atoms with Crippen LogP contribution in [-0.2, 0) is 32.3 Å². The molecule has 1 aromatic carbocycles. The number of benzene rings is 1. The Morgan fingerprint density at radius 3 is 2.40 bits per heavy atom. The summed E-state index contributed by atoms with van der Waals surface area (Å²) in [5.41, 5.74) is 2.66. The molecule has 1 saturated carbocycles. The molecule has 2 N–H and O–H groups in total. The molecule has 1 aromatic rings. The zero-order chi connectivity index (χ0) is 25.4. The van der Waals surface area contributed by atoms with Crippen LogP contribution in [0.4, 0.5) is 13.2 Å². The highest BCUT2D eigenvalue weighted by molar-refractivity contribution is 5.95. The van der Waals surface area contributed by atoms with Crippen LogP contribution in [0.1, 0.15) is 34.3 Å². The lowest BCUT2D eigenvalue weighted by molar-refractivity contribution is -0.192. The maximum absolute atomic E-state index is 12.9. The summed E-state index contributed by atoms with van der Waals surface area (Å²) >= 11 is 0. The second-order valence-corrected chi connectivity index (χ2v) is 9.44. The van der Waals surface area contributed by atoms with E-state index >= 15 is 0 Å². The first-order chi connectivity index (χ1) is 16.5. The third-order valence-corrected chi connectivity index (χ3v) is 6.67. The largest absolute Gasteiger partial charge is 0.490 e. The van der Waals surface area contributed by atoms with E-state index in [0.29, 0.717) is 50.9 Å². The van der Waals surface area contributed by atoms with Crippen LogP contribution in [0.3, 0.4) is 0 Å². The molecule has 5 rings (SSSR count). The predicted molar refractivity (Wildman–Crippen MR) is 115 cm³/mol. The van der Waals surface area contributed by atoms with Crippen LogP contribution in [-0.4, -0.2) is 90.3 Å². The number of hydrogen-bond acceptors (Lipinski definition) is 6. The number of amides is 2. The van der Waals surface area contributed by atoms with Crippen molar-refractivity contribution in [1.29, 1.82) is 0 Å². The third-order valence-electron chi connectivity index (χ3n) is 6.67. The molecule has 3 fully saturated rings. The number of halogens is 3. The number of likely N-dealkylation sites (tertiary alicyclic amines) is 1. The normalized spacial score (nSPS) is 23.1. The number of nitrogens with one attached hydrogen (secondary N) is 1. The minimum Gasteiger partial charge on any atom is -0.475 e. The molecule has 1 spiro atoms. The zero-order valence-corrected chi connectivity index (χ0v) is 19.3.